The SMILES string of the molecule is CC(C)c1ccc(C(C)NC(=O)COC2CCNCC2)cc1. The Labute approximate surface area is 133 Å². The molecule has 1 aromatic rings. The van der Waals surface area contributed by atoms with Crippen LogP contribution in [0, 0.1) is 0 Å². The summed E-state index contributed by atoms with van der Waals surface area (Å²) in [5, 5.41) is 6.29. The topological polar surface area (TPSA) is 50.4 Å². The minimum atomic E-state index is -0.0426. The molecule has 1 heterocycles. The zero-order valence-corrected chi connectivity index (χ0v) is 13.9. The first-order valence-electron chi connectivity index (χ1n) is 8.28. The fourth-order valence-electron chi connectivity index (χ4n) is 2.69. The third-order valence-electron chi connectivity index (χ3n) is 4.22. The number of carbonyl (C=O) groups is 1. The molecule has 0 aromatic heterocycles. The molecule has 1 atom stereocenters. The van der Waals surface area contributed by atoms with Gasteiger partial charge in [-0.1, -0.05) is 38.1 Å². The van der Waals surface area contributed by atoms with Crippen molar-refractivity contribution in [3.8, 4) is 0 Å². The quantitative estimate of drug-likeness (QED) is 0.849. The Morgan fingerprint density at radius 1 is 1.18 bits per heavy atom. The third kappa shape index (κ3) is 5.11. The zero-order chi connectivity index (χ0) is 15.9. The highest BCUT2D eigenvalue weighted by Crippen LogP contribution is 2.18. The van der Waals surface area contributed by atoms with Crippen LogP contribution < -0.4 is 10.6 Å². The number of rotatable bonds is 6. The first-order valence-corrected chi connectivity index (χ1v) is 8.28. The number of hydrogen-bond acceptors (Lipinski definition) is 3. The highest BCUT2D eigenvalue weighted by molar-refractivity contribution is 5.77. The smallest absolute Gasteiger partial charge is 0.246 e. The molecule has 1 aromatic carbocycles. The van der Waals surface area contributed by atoms with Crippen LogP contribution in [-0.2, 0) is 9.53 Å². The lowest BCUT2D eigenvalue weighted by Crippen LogP contribution is -2.36. The fraction of sp³-hybridized carbons (Fsp3) is 0.611. The lowest BCUT2D eigenvalue weighted by molar-refractivity contribution is -0.128. The maximum atomic E-state index is 12.0. The van der Waals surface area contributed by atoms with E-state index in [4.69, 9.17) is 4.74 Å². The molecule has 0 aliphatic carbocycles. The van der Waals surface area contributed by atoms with Gasteiger partial charge in [-0.05, 0) is 49.9 Å². The molecule has 0 saturated carbocycles. The molecular formula is C18H28N2O2. The summed E-state index contributed by atoms with van der Waals surface area (Å²) in [5.41, 5.74) is 2.44. The molecule has 4 heteroatoms. The Bertz CT molecular complexity index is 464. The van der Waals surface area contributed by atoms with E-state index in [1.165, 1.54) is 5.56 Å². The summed E-state index contributed by atoms with van der Waals surface area (Å²) < 4.78 is 5.68. The second-order valence-corrected chi connectivity index (χ2v) is 6.37. The minimum absolute atomic E-state index is 0.00494. The number of piperidine rings is 1. The minimum Gasteiger partial charge on any atom is -0.368 e. The van der Waals surface area contributed by atoms with Crippen LogP contribution in [0.4, 0.5) is 0 Å². The molecule has 22 heavy (non-hydrogen) atoms. The number of carbonyl (C=O) groups excluding carboxylic acids is 1. The number of ether oxygens (including phenoxy) is 1. The van der Waals surface area contributed by atoms with E-state index in [-0.39, 0.29) is 24.7 Å². The monoisotopic (exact) mass is 304 g/mol. The Hall–Kier alpha value is -1.39. The molecular weight excluding hydrogens is 276 g/mol. The van der Waals surface area contributed by atoms with Crippen molar-refractivity contribution in [1.29, 1.82) is 0 Å². The van der Waals surface area contributed by atoms with Crippen LogP contribution in [0.5, 0.6) is 0 Å². The summed E-state index contributed by atoms with van der Waals surface area (Å²) in [6, 6.07) is 8.45. The van der Waals surface area contributed by atoms with Gasteiger partial charge in [0.05, 0.1) is 12.1 Å². The molecule has 4 nitrogen and oxygen atoms in total. The van der Waals surface area contributed by atoms with Crippen molar-refractivity contribution >= 4 is 5.91 Å². The van der Waals surface area contributed by atoms with Crippen molar-refractivity contribution in [3.05, 3.63) is 35.4 Å². The van der Waals surface area contributed by atoms with Crippen molar-refractivity contribution in [2.45, 2.75) is 51.7 Å². The van der Waals surface area contributed by atoms with E-state index in [1.807, 2.05) is 6.92 Å². The third-order valence-corrected chi connectivity index (χ3v) is 4.22. The van der Waals surface area contributed by atoms with E-state index < -0.39 is 0 Å². The molecule has 1 amide bonds. The van der Waals surface area contributed by atoms with Gasteiger partial charge in [0.2, 0.25) is 5.91 Å². The van der Waals surface area contributed by atoms with Crippen molar-refractivity contribution in [3.63, 3.8) is 0 Å². The Balaban J connectivity index is 1.77. The van der Waals surface area contributed by atoms with E-state index in [0.29, 0.717) is 5.92 Å². The summed E-state index contributed by atoms with van der Waals surface area (Å²) >= 11 is 0. The lowest BCUT2D eigenvalue weighted by atomic mass is 9.99. The Morgan fingerprint density at radius 2 is 1.77 bits per heavy atom. The number of benzene rings is 1. The van der Waals surface area contributed by atoms with Crippen LogP contribution in [0.2, 0.25) is 0 Å². The number of nitrogens with one attached hydrogen (secondary N) is 2. The van der Waals surface area contributed by atoms with Gasteiger partial charge in [-0.3, -0.25) is 4.79 Å². The predicted molar refractivity (Wildman–Crippen MR) is 88.9 cm³/mol. The molecule has 0 bridgehead atoms. The van der Waals surface area contributed by atoms with Crippen LogP contribution >= 0.6 is 0 Å². The first-order chi connectivity index (χ1) is 10.6. The van der Waals surface area contributed by atoms with Gasteiger partial charge in [-0.25, -0.2) is 0 Å². The summed E-state index contributed by atoms with van der Waals surface area (Å²) in [7, 11) is 0. The molecule has 1 aliphatic heterocycles. The largest absolute Gasteiger partial charge is 0.368 e. The van der Waals surface area contributed by atoms with E-state index in [2.05, 4.69) is 48.7 Å². The van der Waals surface area contributed by atoms with E-state index in [0.717, 1.165) is 31.5 Å². The maximum Gasteiger partial charge on any atom is 0.246 e. The highest BCUT2D eigenvalue weighted by Gasteiger charge is 2.16. The van der Waals surface area contributed by atoms with Gasteiger partial charge in [0.1, 0.15) is 6.61 Å². The molecule has 2 rings (SSSR count). The molecule has 122 valence electrons. The highest BCUT2D eigenvalue weighted by atomic mass is 16.5. The van der Waals surface area contributed by atoms with Gasteiger partial charge < -0.3 is 15.4 Å². The van der Waals surface area contributed by atoms with Gasteiger partial charge in [-0.2, -0.15) is 0 Å². The summed E-state index contributed by atoms with van der Waals surface area (Å²) in [6.07, 6.45) is 2.19. The van der Waals surface area contributed by atoms with Gasteiger partial charge in [0.15, 0.2) is 0 Å². The van der Waals surface area contributed by atoms with Crippen molar-refractivity contribution in [2.75, 3.05) is 19.7 Å². The van der Waals surface area contributed by atoms with Crippen molar-refractivity contribution in [1.82, 2.24) is 10.6 Å². The van der Waals surface area contributed by atoms with Gasteiger partial charge in [-0.15, -0.1) is 0 Å². The average Bonchev–Trinajstić information content (AvgIpc) is 2.54. The molecule has 1 saturated heterocycles. The Morgan fingerprint density at radius 3 is 2.36 bits per heavy atom. The van der Waals surface area contributed by atoms with Crippen LogP contribution in [0.1, 0.15) is 56.7 Å². The zero-order valence-electron chi connectivity index (χ0n) is 13.9. The van der Waals surface area contributed by atoms with Gasteiger partial charge in [0, 0.05) is 0 Å². The van der Waals surface area contributed by atoms with Crippen LogP contribution in [-0.4, -0.2) is 31.7 Å². The average molecular weight is 304 g/mol. The van der Waals surface area contributed by atoms with Crippen LogP contribution in [0.3, 0.4) is 0 Å². The molecule has 1 fully saturated rings. The second kappa shape index (κ2) is 8.30. The van der Waals surface area contributed by atoms with E-state index in [9.17, 15) is 4.79 Å². The van der Waals surface area contributed by atoms with Crippen LogP contribution in [0.15, 0.2) is 24.3 Å². The predicted octanol–water partition coefficient (Wildman–Crippen LogP) is 2.76. The molecule has 2 N–H and O–H groups in total. The van der Waals surface area contributed by atoms with Crippen molar-refractivity contribution < 1.29 is 9.53 Å². The normalized spacial score (nSPS) is 17.5. The maximum absolute atomic E-state index is 12.0. The van der Waals surface area contributed by atoms with Crippen LogP contribution in [0.25, 0.3) is 0 Å². The lowest BCUT2D eigenvalue weighted by Gasteiger charge is -2.23. The Kier molecular flexibility index (Phi) is 6.40. The fourth-order valence-corrected chi connectivity index (χ4v) is 2.69. The molecule has 1 unspecified atom stereocenters. The summed E-state index contributed by atoms with van der Waals surface area (Å²) in [5.74, 6) is 0.483. The first kappa shape index (κ1) is 17.0. The summed E-state index contributed by atoms with van der Waals surface area (Å²) in [4.78, 5) is 12.0. The number of amides is 1. The number of hydrogen-bond donors (Lipinski definition) is 2. The molecule has 0 spiro atoms. The van der Waals surface area contributed by atoms with Gasteiger partial charge in [0.25, 0.3) is 0 Å². The molecule has 1 aliphatic rings. The van der Waals surface area contributed by atoms with E-state index >= 15 is 0 Å². The van der Waals surface area contributed by atoms with E-state index in [1.54, 1.807) is 0 Å². The standard InChI is InChI=1S/C18H28N2O2/c1-13(2)15-4-6-16(7-5-15)14(3)20-18(21)12-22-17-8-10-19-11-9-17/h4-7,13-14,17,19H,8-12H2,1-3H3,(H,20,21). The molecule has 0 radical (unpaired) electrons. The summed E-state index contributed by atoms with van der Waals surface area (Å²) in [6.45, 7) is 8.47. The van der Waals surface area contributed by atoms with Gasteiger partial charge >= 0.3 is 0 Å². The van der Waals surface area contributed by atoms with Crippen molar-refractivity contribution in [2.24, 2.45) is 0 Å². The second-order valence-electron chi connectivity index (χ2n) is 6.37.